The van der Waals surface area contributed by atoms with Gasteiger partial charge in [-0.25, -0.2) is 9.79 Å². The Labute approximate surface area is 259 Å². The molecule has 0 spiro atoms. The molecule has 0 bridgehead atoms. The summed E-state index contributed by atoms with van der Waals surface area (Å²) in [5, 5.41) is 5.91. The second kappa shape index (κ2) is 12.8. The largest absolute Gasteiger partial charge is 0.444 e. The Balaban J connectivity index is 1.70. The van der Waals surface area contributed by atoms with Gasteiger partial charge in [0.25, 0.3) is 5.91 Å². The predicted molar refractivity (Wildman–Crippen MR) is 166 cm³/mol. The summed E-state index contributed by atoms with van der Waals surface area (Å²) in [6.07, 6.45) is -2.15. The number of nitrogens with two attached hydrogens (primary N) is 1. The number of primary amides is 1. The molecule has 43 heavy (non-hydrogen) atoms. The Kier molecular flexibility index (Phi) is 9.42. The maximum absolute atomic E-state index is 13.7. The fraction of sp³-hybridized carbons (Fsp3) is 0.258. The van der Waals surface area contributed by atoms with Crippen molar-refractivity contribution in [2.45, 2.75) is 45.0 Å². The van der Waals surface area contributed by atoms with Gasteiger partial charge in [-0.05, 0) is 56.7 Å². The lowest BCUT2D eigenvalue weighted by atomic mass is 9.99. The molecule has 3 aromatic rings. The van der Waals surface area contributed by atoms with E-state index in [1.807, 2.05) is 0 Å². The van der Waals surface area contributed by atoms with Gasteiger partial charge >= 0.3 is 6.09 Å². The van der Waals surface area contributed by atoms with Crippen LogP contribution in [0.2, 0.25) is 10.0 Å². The number of aliphatic imine (C=N–C) groups is 1. The van der Waals surface area contributed by atoms with E-state index in [-0.39, 0.29) is 11.4 Å². The summed E-state index contributed by atoms with van der Waals surface area (Å²) in [7, 11) is 1.58. The first kappa shape index (κ1) is 31.5. The van der Waals surface area contributed by atoms with Crippen LogP contribution in [0.5, 0.6) is 0 Å². The third kappa shape index (κ3) is 7.71. The maximum Gasteiger partial charge on any atom is 0.408 e. The third-order valence-corrected chi connectivity index (χ3v) is 7.24. The first-order valence-corrected chi connectivity index (χ1v) is 14.1. The van der Waals surface area contributed by atoms with E-state index in [4.69, 9.17) is 33.7 Å². The van der Waals surface area contributed by atoms with Crippen LogP contribution >= 0.6 is 23.2 Å². The van der Waals surface area contributed by atoms with E-state index in [9.17, 15) is 19.2 Å². The van der Waals surface area contributed by atoms with Crippen molar-refractivity contribution in [3.63, 3.8) is 0 Å². The van der Waals surface area contributed by atoms with Gasteiger partial charge in [-0.2, -0.15) is 0 Å². The van der Waals surface area contributed by atoms with E-state index in [2.05, 4.69) is 15.6 Å². The number of carbonyl (C=O) groups is 4. The standard InChI is InChI=1S/C31H31Cl2N5O5/c1-31(2,3)43-30(42)35-23(16-17-9-14-21(32)22(33)15-17)28(40)37-27-29(41)38(4)24-8-6-5-7-20(24)25(36-27)18-10-12-19(13-11-18)26(34)39/h5-15,23,27H,16H2,1-4H3,(H2,34,39)(H,35,42)(H,37,40). The van der Waals surface area contributed by atoms with Crippen LogP contribution in [0.25, 0.3) is 0 Å². The van der Waals surface area contributed by atoms with Gasteiger partial charge in [0.2, 0.25) is 18.0 Å². The molecule has 1 heterocycles. The van der Waals surface area contributed by atoms with Gasteiger partial charge in [0.1, 0.15) is 11.6 Å². The molecule has 0 saturated heterocycles. The zero-order valence-corrected chi connectivity index (χ0v) is 25.5. The third-order valence-electron chi connectivity index (χ3n) is 6.50. The fourth-order valence-corrected chi connectivity index (χ4v) is 4.76. The average Bonchev–Trinajstić information content (AvgIpc) is 3.04. The zero-order valence-electron chi connectivity index (χ0n) is 24.0. The first-order valence-electron chi connectivity index (χ1n) is 13.3. The van der Waals surface area contributed by atoms with Crippen molar-refractivity contribution in [3.05, 3.63) is 99.0 Å². The van der Waals surface area contributed by atoms with Crippen LogP contribution in [-0.2, 0) is 20.7 Å². The maximum atomic E-state index is 13.7. The van der Waals surface area contributed by atoms with Gasteiger partial charge in [-0.3, -0.25) is 14.4 Å². The molecule has 2 unspecified atom stereocenters. The summed E-state index contributed by atoms with van der Waals surface area (Å²) < 4.78 is 5.38. The minimum atomic E-state index is -1.35. The monoisotopic (exact) mass is 623 g/mol. The summed E-state index contributed by atoms with van der Waals surface area (Å²) >= 11 is 12.2. The molecule has 0 fully saturated rings. The Morgan fingerprint density at radius 2 is 1.70 bits per heavy atom. The summed E-state index contributed by atoms with van der Waals surface area (Å²) in [6.45, 7) is 5.10. The number of para-hydroxylation sites is 1. The van der Waals surface area contributed by atoms with Crippen molar-refractivity contribution in [1.29, 1.82) is 0 Å². The molecule has 0 saturated carbocycles. The van der Waals surface area contributed by atoms with Crippen molar-refractivity contribution >= 4 is 58.4 Å². The second-order valence-electron chi connectivity index (χ2n) is 10.9. The van der Waals surface area contributed by atoms with Gasteiger partial charge in [-0.1, -0.05) is 59.6 Å². The van der Waals surface area contributed by atoms with Crippen LogP contribution in [0.15, 0.2) is 71.7 Å². The van der Waals surface area contributed by atoms with E-state index in [1.165, 1.54) is 4.90 Å². The van der Waals surface area contributed by atoms with Crippen LogP contribution < -0.4 is 21.3 Å². The second-order valence-corrected chi connectivity index (χ2v) is 11.7. The number of ether oxygens (including phenoxy) is 1. The van der Waals surface area contributed by atoms with Gasteiger partial charge in [-0.15, -0.1) is 0 Å². The normalized spacial score (nSPS) is 15.5. The highest BCUT2D eigenvalue weighted by atomic mass is 35.5. The number of nitrogens with zero attached hydrogens (tertiary/aromatic N) is 2. The Bertz CT molecular complexity index is 1600. The lowest BCUT2D eigenvalue weighted by Gasteiger charge is -2.25. The van der Waals surface area contributed by atoms with Crippen molar-refractivity contribution in [3.8, 4) is 0 Å². The van der Waals surface area contributed by atoms with Crippen LogP contribution in [-0.4, -0.2) is 54.4 Å². The molecule has 4 amide bonds. The lowest BCUT2D eigenvalue weighted by Crippen LogP contribution is -2.54. The Morgan fingerprint density at radius 3 is 2.33 bits per heavy atom. The highest BCUT2D eigenvalue weighted by Crippen LogP contribution is 2.28. The molecule has 10 nitrogen and oxygen atoms in total. The first-order chi connectivity index (χ1) is 20.2. The van der Waals surface area contributed by atoms with Crippen molar-refractivity contribution in [2.24, 2.45) is 10.7 Å². The number of rotatable bonds is 7. The fourth-order valence-electron chi connectivity index (χ4n) is 4.44. The number of anilines is 1. The molecule has 12 heteroatoms. The van der Waals surface area contributed by atoms with E-state index in [0.29, 0.717) is 38.7 Å². The van der Waals surface area contributed by atoms with Crippen molar-refractivity contribution in [1.82, 2.24) is 10.6 Å². The van der Waals surface area contributed by atoms with Gasteiger partial charge in [0, 0.05) is 30.2 Å². The van der Waals surface area contributed by atoms with Gasteiger partial charge < -0.3 is 26.0 Å². The zero-order chi connectivity index (χ0) is 31.5. The van der Waals surface area contributed by atoms with Gasteiger partial charge in [0.05, 0.1) is 21.4 Å². The molecule has 4 N–H and O–H groups in total. The quantitative estimate of drug-likeness (QED) is 0.355. The molecule has 0 radical (unpaired) electrons. The number of likely N-dealkylation sites (N-methyl/N-ethyl adjacent to an activating group) is 1. The van der Waals surface area contributed by atoms with E-state index in [0.717, 1.165) is 0 Å². The number of benzene rings is 3. The molecule has 1 aliphatic rings. The molecule has 0 aromatic heterocycles. The Hall–Kier alpha value is -4.41. The van der Waals surface area contributed by atoms with Crippen LogP contribution in [0.3, 0.4) is 0 Å². The molecule has 224 valence electrons. The minimum absolute atomic E-state index is 0.0179. The number of amides is 4. The molecule has 1 aliphatic heterocycles. The van der Waals surface area contributed by atoms with Crippen molar-refractivity contribution in [2.75, 3.05) is 11.9 Å². The highest BCUT2D eigenvalue weighted by molar-refractivity contribution is 6.42. The molecule has 3 aromatic carbocycles. The number of hydrogen-bond acceptors (Lipinski definition) is 6. The number of fused-ring (bicyclic) bond motifs is 1. The summed E-state index contributed by atoms with van der Waals surface area (Å²) in [5.41, 5.74) is 7.73. The van der Waals surface area contributed by atoms with Crippen molar-refractivity contribution < 1.29 is 23.9 Å². The Morgan fingerprint density at radius 1 is 1.02 bits per heavy atom. The summed E-state index contributed by atoms with van der Waals surface area (Å²) in [5.74, 6) is -1.77. The van der Waals surface area contributed by atoms with Gasteiger partial charge in [0.15, 0.2) is 0 Å². The molecular weight excluding hydrogens is 593 g/mol. The number of carbonyl (C=O) groups excluding carboxylic acids is 4. The molecule has 4 rings (SSSR count). The highest BCUT2D eigenvalue weighted by Gasteiger charge is 2.33. The van der Waals surface area contributed by atoms with Crippen LogP contribution in [0.1, 0.15) is 47.8 Å². The lowest BCUT2D eigenvalue weighted by molar-refractivity contribution is -0.128. The van der Waals surface area contributed by atoms with E-state index < -0.39 is 41.6 Å². The number of nitrogens with one attached hydrogen (secondary N) is 2. The van der Waals surface area contributed by atoms with E-state index in [1.54, 1.807) is 94.5 Å². The number of halogens is 2. The molecule has 2 atom stereocenters. The number of benzodiazepines with no additional fused rings is 1. The minimum Gasteiger partial charge on any atom is -0.444 e. The topological polar surface area (TPSA) is 143 Å². The summed E-state index contributed by atoms with van der Waals surface area (Å²) in [4.78, 5) is 57.8. The SMILES string of the molecule is CN1C(=O)C(NC(=O)C(Cc2ccc(Cl)c(Cl)c2)NC(=O)OC(C)(C)C)N=C(c2ccc(C(N)=O)cc2)c2ccccc21. The smallest absolute Gasteiger partial charge is 0.408 e. The van der Waals surface area contributed by atoms with Crippen LogP contribution in [0.4, 0.5) is 10.5 Å². The predicted octanol–water partition coefficient (Wildman–Crippen LogP) is 4.48. The average molecular weight is 625 g/mol. The molecule has 0 aliphatic carbocycles. The number of alkyl carbamates (subject to hydrolysis) is 1. The molecular formula is C31H31Cl2N5O5. The van der Waals surface area contributed by atoms with Crippen LogP contribution in [0, 0.1) is 0 Å². The van der Waals surface area contributed by atoms with E-state index >= 15 is 0 Å². The number of hydrogen-bond donors (Lipinski definition) is 3. The summed E-state index contributed by atoms with van der Waals surface area (Å²) in [6, 6.07) is 17.3.